The highest BCUT2D eigenvalue weighted by atomic mass is 32.2. The van der Waals surface area contributed by atoms with Gasteiger partial charge in [-0.05, 0) is 37.5 Å². The Bertz CT molecular complexity index is 815. The van der Waals surface area contributed by atoms with Crippen molar-refractivity contribution in [1.29, 1.82) is 0 Å². The summed E-state index contributed by atoms with van der Waals surface area (Å²) >= 11 is 0. The Kier molecular flexibility index (Phi) is 9.64. The summed E-state index contributed by atoms with van der Waals surface area (Å²) in [5.41, 5.74) is 0.659. The van der Waals surface area contributed by atoms with Crippen molar-refractivity contribution in [1.82, 2.24) is 10.2 Å². The zero-order chi connectivity index (χ0) is 21.3. The first-order chi connectivity index (χ1) is 13.3. The number of ether oxygens (including phenoxy) is 1. The van der Waals surface area contributed by atoms with E-state index in [1.165, 1.54) is 25.1 Å². The van der Waals surface area contributed by atoms with Gasteiger partial charge >= 0.3 is 16.5 Å². The molecule has 0 bridgehead atoms. The Morgan fingerprint density at radius 2 is 1.96 bits per heavy atom. The first-order valence-corrected chi connectivity index (χ1v) is 10.4. The molecule has 1 aromatic rings. The van der Waals surface area contributed by atoms with Crippen LogP contribution in [-0.2, 0) is 15.3 Å². The van der Waals surface area contributed by atoms with Gasteiger partial charge in [0.1, 0.15) is 11.4 Å². The number of urea groups is 1. The van der Waals surface area contributed by atoms with Crippen LogP contribution < -0.4 is 10.1 Å². The molecule has 0 aromatic heterocycles. The molecule has 2 atom stereocenters. The number of carbonyl (C=O) groups is 2. The van der Waals surface area contributed by atoms with Gasteiger partial charge in [-0.15, -0.1) is 4.36 Å². The second-order valence-corrected chi connectivity index (χ2v) is 7.05. The van der Waals surface area contributed by atoms with Crippen LogP contribution in [0, 0.1) is 0 Å². The van der Waals surface area contributed by atoms with Crippen molar-refractivity contribution < 1.29 is 22.7 Å². The van der Waals surface area contributed by atoms with Crippen molar-refractivity contribution in [2.45, 2.75) is 58.4 Å². The normalized spacial score (nSPS) is 12.6. The molecular formula is C19H29N3O5S. The molecule has 156 valence electrons. The van der Waals surface area contributed by atoms with E-state index in [4.69, 9.17) is 4.74 Å². The van der Waals surface area contributed by atoms with Gasteiger partial charge < -0.3 is 10.1 Å². The summed E-state index contributed by atoms with van der Waals surface area (Å²) in [4.78, 5) is 26.9. The summed E-state index contributed by atoms with van der Waals surface area (Å²) in [6.07, 6.45) is 3.27. The highest BCUT2D eigenvalue weighted by molar-refractivity contribution is 7.61. The van der Waals surface area contributed by atoms with Gasteiger partial charge in [0, 0.05) is 13.1 Å². The maximum atomic E-state index is 13.2. The second kappa shape index (κ2) is 11.4. The number of rotatable bonds is 9. The lowest BCUT2D eigenvalue weighted by Gasteiger charge is -2.31. The maximum Gasteiger partial charge on any atom is 0.324 e. The summed E-state index contributed by atoms with van der Waals surface area (Å²) < 4.78 is 30.6. The van der Waals surface area contributed by atoms with Crippen molar-refractivity contribution in [3.05, 3.63) is 23.8 Å². The monoisotopic (exact) mass is 411 g/mol. The molecule has 2 unspecified atom stereocenters. The minimum Gasteiger partial charge on any atom is -0.494 e. The van der Waals surface area contributed by atoms with E-state index in [1.54, 1.807) is 19.1 Å². The lowest BCUT2D eigenvalue weighted by Crippen LogP contribution is -2.50. The van der Waals surface area contributed by atoms with Crippen LogP contribution in [-0.4, -0.2) is 45.5 Å². The fourth-order valence-electron chi connectivity index (χ4n) is 3.00. The molecular weight excluding hydrogens is 382 g/mol. The fourth-order valence-corrected chi connectivity index (χ4v) is 3.30. The number of unbranched alkanes of at least 4 members (excludes halogenated alkanes) is 1. The van der Waals surface area contributed by atoms with E-state index in [-0.39, 0.29) is 23.4 Å². The number of benzene rings is 1. The summed E-state index contributed by atoms with van der Waals surface area (Å²) in [6.45, 7) is 5.69. The van der Waals surface area contributed by atoms with Crippen molar-refractivity contribution in [2.75, 3.05) is 14.2 Å². The Labute approximate surface area is 168 Å². The molecule has 0 heterocycles. The Balaban J connectivity index is 3.29. The van der Waals surface area contributed by atoms with E-state index in [2.05, 4.69) is 16.6 Å². The van der Waals surface area contributed by atoms with E-state index in [9.17, 15) is 18.0 Å². The molecule has 0 spiro atoms. The molecule has 3 amide bonds. The third-order valence-electron chi connectivity index (χ3n) is 4.64. The van der Waals surface area contributed by atoms with Gasteiger partial charge in [0.15, 0.2) is 0 Å². The van der Waals surface area contributed by atoms with E-state index < -0.39 is 22.4 Å². The van der Waals surface area contributed by atoms with Crippen molar-refractivity contribution in [3.8, 4) is 5.75 Å². The molecule has 1 N–H and O–H groups in total. The molecule has 0 fully saturated rings. The Hall–Kier alpha value is -2.42. The van der Waals surface area contributed by atoms with Crippen LogP contribution >= 0.6 is 0 Å². The number of amides is 3. The molecule has 0 aliphatic carbocycles. The number of nitrogens with zero attached hydrogens (tertiary/aromatic N) is 2. The highest BCUT2D eigenvalue weighted by Crippen LogP contribution is 2.32. The summed E-state index contributed by atoms with van der Waals surface area (Å²) in [5, 5.41) is 2.55. The SMILES string of the molecule is CCCCC(CC)N(C(=O)NC)C(=O)C(C)c1ccc(OC)c(N=S(=O)=O)c1. The van der Waals surface area contributed by atoms with Gasteiger partial charge in [-0.25, -0.2) is 4.79 Å². The van der Waals surface area contributed by atoms with Gasteiger partial charge in [-0.2, -0.15) is 8.42 Å². The minimum atomic E-state index is -2.66. The molecule has 1 aromatic carbocycles. The molecule has 9 heteroatoms. The number of hydrogen-bond acceptors (Lipinski definition) is 6. The zero-order valence-corrected chi connectivity index (χ0v) is 17.9. The smallest absolute Gasteiger partial charge is 0.324 e. The van der Waals surface area contributed by atoms with Gasteiger partial charge in [-0.1, -0.05) is 32.8 Å². The molecule has 0 saturated heterocycles. The zero-order valence-electron chi connectivity index (χ0n) is 17.1. The van der Waals surface area contributed by atoms with Crippen LogP contribution in [0.4, 0.5) is 10.5 Å². The molecule has 0 radical (unpaired) electrons. The summed E-state index contributed by atoms with van der Waals surface area (Å²) in [6, 6.07) is 4.07. The largest absolute Gasteiger partial charge is 0.494 e. The highest BCUT2D eigenvalue weighted by Gasteiger charge is 2.32. The molecule has 0 aliphatic rings. The summed E-state index contributed by atoms with van der Waals surface area (Å²) in [5.74, 6) is -0.722. The molecule has 0 aliphatic heterocycles. The number of nitrogens with one attached hydrogen (secondary N) is 1. The molecule has 28 heavy (non-hydrogen) atoms. The van der Waals surface area contributed by atoms with Gasteiger partial charge in [0.05, 0.1) is 13.0 Å². The van der Waals surface area contributed by atoms with Crippen molar-refractivity contribution in [2.24, 2.45) is 4.36 Å². The minimum absolute atomic E-state index is 0.109. The van der Waals surface area contributed by atoms with Crippen LogP contribution in [0.2, 0.25) is 0 Å². The van der Waals surface area contributed by atoms with Gasteiger partial charge in [0.25, 0.3) is 0 Å². The predicted molar refractivity (Wildman–Crippen MR) is 107 cm³/mol. The van der Waals surface area contributed by atoms with E-state index in [0.717, 1.165) is 19.3 Å². The van der Waals surface area contributed by atoms with E-state index in [1.807, 2.05) is 6.92 Å². The average Bonchev–Trinajstić information content (AvgIpc) is 2.69. The van der Waals surface area contributed by atoms with Crippen LogP contribution in [0.1, 0.15) is 57.9 Å². The van der Waals surface area contributed by atoms with Crippen LogP contribution in [0.5, 0.6) is 5.75 Å². The lowest BCUT2D eigenvalue weighted by atomic mass is 9.96. The Morgan fingerprint density at radius 3 is 2.46 bits per heavy atom. The quantitative estimate of drug-likeness (QED) is 0.668. The maximum absolute atomic E-state index is 13.2. The van der Waals surface area contributed by atoms with E-state index >= 15 is 0 Å². The first kappa shape index (κ1) is 23.6. The molecule has 0 saturated carbocycles. The molecule has 8 nitrogen and oxygen atoms in total. The number of imide groups is 1. The topological polar surface area (TPSA) is 105 Å². The van der Waals surface area contributed by atoms with Crippen molar-refractivity contribution >= 4 is 28.1 Å². The summed E-state index contributed by atoms with van der Waals surface area (Å²) in [7, 11) is 0.245. The fraction of sp³-hybridized carbons (Fsp3) is 0.579. The average molecular weight is 412 g/mol. The second-order valence-electron chi connectivity index (χ2n) is 6.43. The standard InChI is InChI=1S/C19H29N3O5S/c1-6-8-9-15(7-2)22(19(24)20-4)18(23)13(3)14-10-11-17(27-5)16(12-14)21-28(25)26/h10-13,15H,6-9H2,1-5H3,(H,20,24). The third kappa shape index (κ3) is 6.05. The molecule has 1 rings (SSSR count). The Morgan fingerprint density at radius 1 is 1.29 bits per heavy atom. The van der Waals surface area contributed by atoms with Crippen LogP contribution in [0.3, 0.4) is 0 Å². The number of carbonyl (C=O) groups excluding carboxylic acids is 2. The van der Waals surface area contributed by atoms with Crippen molar-refractivity contribution in [3.63, 3.8) is 0 Å². The number of methoxy groups -OCH3 is 1. The lowest BCUT2D eigenvalue weighted by molar-refractivity contribution is -0.131. The van der Waals surface area contributed by atoms with Crippen LogP contribution in [0.15, 0.2) is 22.6 Å². The van der Waals surface area contributed by atoms with Gasteiger partial charge in [-0.3, -0.25) is 9.69 Å². The first-order valence-electron chi connectivity index (χ1n) is 9.34. The predicted octanol–water partition coefficient (Wildman–Crippen LogP) is 3.63. The third-order valence-corrected chi connectivity index (χ3v) is 4.99. The number of hydrogen-bond donors (Lipinski definition) is 1. The van der Waals surface area contributed by atoms with E-state index in [0.29, 0.717) is 12.0 Å². The van der Waals surface area contributed by atoms with Crippen LogP contribution in [0.25, 0.3) is 0 Å². The van der Waals surface area contributed by atoms with Gasteiger partial charge in [0.2, 0.25) is 5.91 Å².